The maximum Gasteiger partial charge on any atom is 0.243 e. The molecule has 1 saturated heterocycles. The van der Waals surface area contributed by atoms with Crippen molar-refractivity contribution < 1.29 is 18.0 Å². The highest BCUT2D eigenvalue weighted by molar-refractivity contribution is 7.91. The molecule has 6 nitrogen and oxygen atoms in total. The third-order valence-corrected chi connectivity index (χ3v) is 4.45. The van der Waals surface area contributed by atoms with Crippen molar-refractivity contribution >= 4 is 21.7 Å². The minimum absolute atomic E-state index is 0.145. The lowest BCUT2D eigenvalue weighted by Crippen LogP contribution is -2.51. The molecule has 0 aromatic carbocycles. The second kappa shape index (κ2) is 5.51. The second-order valence-electron chi connectivity index (χ2n) is 4.67. The highest BCUT2D eigenvalue weighted by Crippen LogP contribution is 2.13. The maximum absolute atomic E-state index is 11.6. The van der Waals surface area contributed by atoms with Crippen LogP contribution in [0.5, 0.6) is 0 Å². The summed E-state index contributed by atoms with van der Waals surface area (Å²) in [5.74, 6) is -1.21. The van der Waals surface area contributed by atoms with Gasteiger partial charge in [-0.15, -0.1) is 0 Å². The van der Waals surface area contributed by atoms with Crippen molar-refractivity contribution in [1.82, 2.24) is 10.6 Å². The van der Waals surface area contributed by atoms with Gasteiger partial charge in [-0.3, -0.25) is 9.59 Å². The molecule has 2 unspecified atom stereocenters. The topological polar surface area (TPSA) is 92.3 Å². The SMILES string of the molecule is C=CC(=O)NC1CS(=O)(=O)CC1NC(=O)C(C)C. The zero-order valence-electron chi connectivity index (χ0n) is 10.5. The molecule has 0 aromatic rings. The molecule has 2 atom stereocenters. The molecule has 0 spiro atoms. The molecule has 0 saturated carbocycles. The summed E-state index contributed by atoms with van der Waals surface area (Å²) < 4.78 is 23.1. The van der Waals surface area contributed by atoms with Crippen molar-refractivity contribution in [3.05, 3.63) is 12.7 Å². The highest BCUT2D eigenvalue weighted by atomic mass is 32.2. The third kappa shape index (κ3) is 3.83. The molecule has 2 amide bonds. The summed E-state index contributed by atoms with van der Waals surface area (Å²) in [5.41, 5.74) is 0. The minimum Gasteiger partial charge on any atom is -0.350 e. The average Bonchev–Trinajstić information content (AvgIpc) is 2.52. The van der Waals surface area contributed by atoms with E-state index in [1.54, 1.807) is 13.8 Å². The summed E-state index contributed by atoms with van der Waals surface area (Å²) in [4.78, 5) is 22.8. The number of hydrogen-bond donors (Lipinski definition) is 2. The van der Waals surface area contributed by atoms with Gasteiger partial charge in [-0.2, -0.15) is 0 Å². The average molecular weight is 274 g/mol. The van der Waals surface area contributed by atoms with E-state index in [9.17, 15) is 18.0 Å². The first-order valence-electron chi connectivity index (χ1n) is 5.69. The number of nitrogens with one attached hydrogen (secondary N) is 2. The summed E-state index contributed by atoms with van der Waals surface area (Å²) in [6, 6.07) is -1.17. The molecule has 1 aliphatic heterocycles. The van der Waals surface area contributed by atoms with Gasteiger partial charge in [-0.1, -0.05) is 20.4 Å². The number of rotatable bonds is 4. The minimum atomic E-state index is -3.23. The molecular formula is C11H18N2O4S. The van der Waals surface area contributed by atoms with Gasteiger partial charge in [0, 0.05) is 5.92 Å². The molecular weight excluding hydrogens is 256 g/mol. The van der Waals surface area contributed by atoms with Crippen LogP contribution in [0.2, 0.25) is 0 Å². The zero-order chi connectivity index (χ0) is 13.9. The Labute approximate surface area is 107 Å². The van der Waals surface area contributed by atoms with Gasteiger partial charge >= 0.3 is 0 Å². The Morgan fingerprint density at radius 2 is 1.72 bits per heavy atom. The molecule has 2 N–H and O–H groups in total. The zero-order valence-corrected chi connectivity index (χ0v) is 11.3. The van der Waals surface area contributed by atoms with E-state index in [1.165, 1.54) is 0 Å². The summed E-state index contributed by atoms with van der Waals surface area (Å²) in [6.45, 7) is 6.74. The molecule has 18 heavy (non-hydrogen) atoms. The molecule has 0 aliphatic carbocycles. The standard InChI is InChI=1S/C11H18N2O4S/c1-4-10(14)12-8-5-18(16,17)6-9(8)13-11(15)7(2)3/h4,7-9H,1,5-6H2,2-3H3,(H,12,14)(H,13,15). The largest absolute Gasteiger partial charge is 0.350 e. The van der Waals surface area contributed by atoms with E-state index < -0.39 is 27.8 Å². The summed E-state index contributed by atoms with van der Waals surface area (Å²) in [7, 11) is -3.23. The molecule has 1 fully saturated rings. The monoisotopic (exact) mass is 274 g/mol. The smallest absolute Gasteiger partial charge is 0.243 e. The molecule has 0 aromatic heterocycles. The Hall–Kier alpha value is -1.37. The van der Waals surface area contributed by atoms with Crippen LogP contribution in [0.15, 0.2) is 12.7 Å². The number of carbonyl (C=O) groups excluding carboxylic acids is 2. The predicted octanol–water partition coefficient (Wildman–Crippen LogP) is -0.774. The quantitative estimate of drug-likeness (QED) is 0.658. The fraction of sp³-hybridized carbons (Fsp3) is 0.636. The van der Waals surface area contributed by atoms with Gasteiger partial charge in [-0.05, 0) is 6.08 Å². The summed E-state index contributed by atoms with van der Waals surface area (Å²) in [5, 5.41) is 5.17. The fourth-order valence-corrected chi connectivity index (χ4v) is 3.58. The van der Waals surface area contributed by atoms with Crippen LogP contribution in [-0.2, 0) is 19.4 Å². The van der Waals surface area contributed by atoms with Crippen LogP contribution in [0.25, 0.3) is 0 Å². The van der Waals surface area contributed by atoms with Crippen LogP contribution in [0.1, 0.15) is 13.8 Å². The van der Waals surface area contributed by atoms with E-state index in [4.69, 9.17) is 0 Å². The molecule has 1 aliphatic rings. The molecule has 0 radical (unpaired) electrons. The van der Waals surface area contributed by atoms with Crippen molar-refractivity contribution in [2.24, 2.45) is 5.92 Å². The Morgan fingerprint density at radius 3 is 2.17 bits per heavy atom. The Balaban J connectivity index is 2.76. The van der Waals surface area contributed by atoms with Gasteiger partial charge in [0.05, 0.1) is 23.6 Å². The molecule has 102 valence electrons. The van der Waals surface area contributed by atoms with Crippen LogP contribution >= 0.6 is 0 Å². The van der Waals surface area contributed by atoms with Crippen molar-refractivity contribution in [3.8, 4) is 0 Å². The van der Waals surface area contributed by atoms with Gasteiger partial charge in [0.1, 0.15) is 0 Å². The van der Waals surface area contributed by atoms with E-state index in [0.717, 1.165) is 6.08 Å². The van der Waals surface area contributed by atoms with Crippen LogP contribution < -0.4 is 10.6 Å². The lowest BCUT2D eigenvalue weighted by Gasteiger charge is -2.21. The Morgan fingerprint density at radius 1 is 1.22 bits per heavy atom. The van der Waals surface area contributed by atoms with Crippen molar-refractivity contribution in [3.63, 3.8) is 0 Å². The first-order chi connectivity index (χ1) is 8.25. The van der Waals surface area contributed by atoms with Crippen LogP contribution in [0.3, 0.4) is 0 Å². The van der Waals surface area contributed by atoms with E-state index in [-0.39, 0.29) is 23.3 Å². The lowest BCUT2D eigenvalue weighted by molar-refractivity contribution is -0.125. The fourth-order valence-electron chi connectivity index (χ4n) is 1.72. The van der Waals surface area contributed by atoms with E-state index in [2.05, 4.69) is 17.2 Å². The maximum atomic E-state index is 11.6. The van der Waals surface area contributed by atoms with E-state index >= 15 is 0 Å². The Bertz CT molecular complexity index is 456. The lowest BCUT2D eigenvalue weighted by atomic mass is 10.1. The molecule has 0 bridgehead atoms. The normalized spacial score (nSPS) is 25.7. The van der Waals surface area contributed by atoms with Gasteiger partial charge in [0.15, 0.2) is 9.84 Å². The van der Waals surface area contributed by atoms with Crippen LogP contribution in [-0.4, -0.2) is 43.8 Å². The Kier molecular flexibility index (Phi) is 4.50. The third-order valence-electron chi connectivity index (χ3n) is 2.72. The first kappa shape index (κ1) is 14.7. The summed E-state index contributed by atoms with van der Waals surface area (Å²) in [6.07, 6.45) is 1.08. The molecule has 1 rings (SSSR count). The number of carbonyl (C=O) groups is 2. The summed E-state index contributed by atoms with van der Waals surface area (Å²) >= 11 is 0. The number of amides is 2. The van der Waals surface area contributed by atoms with Gasteiger partial charge in [-0.25, -0.2) is 8.42 Å². The van der Waals surface area contributed by atoms with E-state index in [1.807, 2.05) is 0 Å². The van der Waals surface area contributed by atoms with Gasteiger partial charge in [0.25, 0.3) is 0 Å². The van der Waals surface area contributed by atoms with Crippen molar-refractivity contribution in [2.75, 3.05) is 11.5 Å². The molecule has 7 heteroatoms. The first-order valence-corrected chi connectivity index (χ1v) is 7.51. The number of hydrogen-bond acceptors (Lipinski definition) is 4. The van der Waals surface area contributed by atoms with Crippen molar-refractivity contribution in [2.45, 2.75) is 25.9 Å². The van der Waals surface area contributed by atoms with Gasteiger partial charge < -0.3 is 10.6 Å². The van der Waals surface area contributed by atoms with Crippen LogP contribution in [0, 0.1) is 5.92 Å². The van der Waals surface area contributed by atoms with Crippen LogP contribution in [0.4, 0.5) is 0 Å². The van der Waals surface area contributed by atoms with Gasteiger partial charge in [0.2, 0.25) is 11.8 Å². The molecule has 1 heterocycles. The second-order valence-corrected chi connectivity index (χ2v) is 6.82. The number of sulfone groups is 1. The predicted molar refractivity (Wildman–Crippen MR) is 67.6 cm³/mol. The van der Waals surface area contributed by atoms with Crippen molar-refractivity contribution in [1.29, 1.82) is 0 Å². The van der Waals surface area contributed by atoms with E-state index in [0.29, 0.717) is 0 Å². The highest BCUT2D eigenvalue weighted by Gasteiger charge is 2.39.